The van der Waals surface area contributed by atoms with Gasteiger partial charge in [0.2, 0.25) is 11.7 Å². The molecule has 0 saturated heterocycles. The maximum Gasteiger partial charge on any atom is 0.292 e. The predicted molar refractivity (Wildman–Crippen MR) is 117 cm³/mol. The van der Waals surface area contributed by atoms with Gasteiger partial charge in [0.05, 0.1) is 5.69 Å². The summed E-state index contributed by atoms with van der Waals surface area (Å²) in [6.07, 6.45) is 2.18. The molecule has 1 atom stereocenters. The molecule has 0 saturated carbocycles. The number of aliphatic hydroxyl groups is 1. The zero-order valence-corrected chi connectivity index (χ0v) is 18.5. The number of halogens is 1. The van der Waals surface area contributed by atoms with Crippen molar-refractivity contribution in [3.63, 3.8) is 0 Å². The Morgan fingerprint density at radius 2 is 2.09 bits per heavy atom. The number of nitrogens with one attached hydrogen (secondary N) is 1. The number of carbonyl (C=O) groups is 1. The maximum absolute atomic E-state index is 13.7. The highest BCUT2D eigenvalue weighted by Gasteiger charge is 2.37. The highest BCUT2D eigenvalue weighted by atomic mass is 19.1. The van der Waals surface area contributed by atoms with Gasteiger partial charge >= 0.3 is 0 Å². The number of furan rings is 1. The average Bonchev–Trinajstić information content (AvgIpc) is 3.31. The van der Waals surface area contributed by atoms with Crippen molar-refractivity contribution in [2.45, 2.75) is 45.8 Å². The lowest BCUT2D eigenvalue weighted by Gasteiger charge is -2.36. The van der Waals surface area contributed by atoms with E-state index >= 15 is 0 Å². The Kier molecular flexibility index (Phi) is 5.42. The Labute approximate surface area is 185 Å². The molecule has 4 rings (SSSR count). The molecule has 1 amide bonds. The van der Waals surface area contributed by atoms with Crippen LogP contribution in [0.5, 0.6) is 0 Å². The zero-order chi connectivity index (χ0) is 23.2. The molecule has 8 heteroatoms. The second-order valence-electron chi connectivity index (χ2n) is 8.48. The van der Waals surface area contributed by atoms with Crippen LogP contribution in [0, 0.1) is 12.7 Å². The Bertz CT molecular complexity index is 1230. The molecule has 0 radical (unpaired) electrons. The first-order valence-electron chi connectivity index (χ1n) is 10.4. The van der Waals surface area contributed by atoms with Crippen LogP contribution in [0.4, 0.5) is 4.39 Å². The van der Waals surface area contributed by atoms with E-state index in [-0.39, 0.29) is 23.4 Å². The van der Waals surface area contributed by atoms with Crippen LogP contribution in [-0.4, -0.2) is 27.4 Å². The van der Waals surface area contributed by atoms with Crippen molar-refractivity contribution in [2.75, 3.05) is 6.54 Å². The number of fused-ring (bicyclic) bond motifs is 1. The highest BCUT2D eigenvalue weighted by molar-refractivity contribution is 5.93. The van der Waals surface area contributed by atoms with Crippen molar-refractivity contribution in [3.05, 3.63) is 77.2 Å². The van der Waals surface area contributed by atoms with Crippen LogP contribution in [0.15, 0.2) is 57.1 Å². The van der Waals surface area contributed by atoms with Crippen molar-refractivity contribution in [2.24, 2.45) is 0 Å². The van der Waals surface area contributed by atoms with Crippen LogP contribution >= 0.6 is 0 Å². The summed E-state index contributed by atoms with van der Waals surface area (Å²) in [5.41, 5.74) is 1.43. The van der Waals surface area contributed by atoms with E-state index in [0.29, 0.717) is 35.4 Å². The summed E-state index contributed by atoms with van der Waals surface area (Å²) in [4.78, 5) is 19.5. The van der Waals surface area contributed by atoms with Gasteiger partial charge in [0.25, 0.3) is 5.91 Å². The lowest BCUT2D eigenvalue weighted by Crippen LogP contribution is -2.40. The summed E-state index contributed by atoms with van der Waals surface area (Å²) in [7, 11) is 0. The molecule has 168 valence electrons. The van der Waals surface area contributed by atoms with Gasteiger partial charge < -0.3 is 24.2 Å². The monoisotopic (exact) mass is 439 g/mol. The van der Waals surface area contributed by atoms with E-state index in [0.717, 1.165) is 11.3 Å². The lowest BCUT2D eigenvalue weighted by molar-refractivity contribution is 0.0437. The van der Waals surface area contributed by atoms with Crippen LogP contribution in [0.25, 0.3) is 11.0 Å². The molecule has 32 heavy (non-hydrogen) atoms. The minimum Gasteiger partial charge on any atom is -0.459 e. The maximum atomic E-state index is 13.7. The summed E-state index contributed by atoms with van der Waals surface area (Å²) < 4.78 is 25.4. The number of aryl methyl sites for hydroxylation is 1. The Morgan fingerprint density at radius 3 is 2.75 bits per heavy atom. The van der Waals surface area contributed by atoms with Gasteiger partial charge in [-0.1, -0.05) is 6.58 Å². The summed E-state index contributed by atoms with van der Waals surface area (Å²) in [5.74, 6) is -0.0627. The van der Waals surface area contributed by atoms with E-state index in [1.54, 1.807) is 44.0 Å². The fourth-order valence-electron chi connectivity index (χ4n) is 4.01. The Hall–Kier alpha value is -3.39. The van der Waals surface area contributed by atoms with E-state index in [4.69, 9.17) is 8.83 Å². The lowest BCUT2D eigenvalue weighted by atomic mass is 9.95. The van der Waals surface area contributed by atoms with Crippen LogP contribution in [0.2, 0.25) is 0 Å². The number of benzene rings is 1. The minimum atomic E-state index is -1.32. The molecular formula is C24H26FN3O4. The predicted octanol–water partition coefficient (Wildman–Crippen LogP) is 4.69. The molecular weight excluding hydrogens is 413 g/mol. The standard InChI is InChI=1S/C24H26FN3O4/c1-6-26-17-9-10-28(22(29)21-14(3)27-23(32-21)24(4,5)30)20(13(17)2)19-12-15-11-16(25)7-8-18(15)31-19/h6-8,11-12,20,26,30H,1,9-10H2,2-5H3. The zero-order valence-electron chi connectivity index (χ0n) is 18.5. The molecule has 7 nitrogen and oxygen atoms in total. The van der Waals surface area contributed by atoms with Gasteiger partial charge in [-0.05, 0) is 63.7 Å². The number of hydrogen-bond donors (Lipinski definition) is 2. The van der Waals surface area contributed by atoms with Crippen LogP contribution in [0.3, 0.4) is 0 Å². The van der Waals surface area contributed by atoms with E-state index < -0.39 is 11.6 Å². The normalized spacial score (nSPS) is 17.2. The van der Waals surface area contributed by atoms with Gasteiger partial charge in [-0.25, -0.2) is 9.37 Å². The Balaban J connectivity index is 1.80. The van der Waals surface area contributed by atoms with Gasteiger partial charge in [0.1, 0.15) is 28.8 Å². The molecule has 1 aliphatic heterocycles. The largest absolute Gasteiger partial charge is 0.459 e. The van der Waals surface area contributed by atoms with E-state index in [2.05, 4.69) is 16.9 Å². The fraction of sp³-hybridized carbons (Fsp3) is 0.333. The topological polar surface area (TPSA) is 91.7 Å². The summed E-state index contributed by atoms with van der Waals surface area (Å²) >= 11 is 0. The first kappa shape index (κ1) is 21.8. The van der Waals surface area contributed by atoms with E-state index in [1.165, 1.54) is 12.1 Å². The van der Waals surface area contributed by atoms with Crippen LogP contribution in [0.1, 0.15) is 61.1 Å². The molecule has 0 spiro atoms. The van der Waals surface area contributed by atoms with Gasteiger partial charge in [-0.2, -0.15) is 0 Å². The first-order chi connectivity index (χ1) is 15.1. The number of hydrogen-bond acceptors (Lipinski definition) is 6. The molecule has 1 aliphatic rings. The molecule has 2 aromatic heterocycles. The number of nitrogens with zero attached hydrogens (tertiary/aromatic N) is 2. The quantitative estimate of drug-likeness (QED) is 0.599. The first-order valence-corrected chi connectivity index (χ1v) is 10.4. The third-order valence-electron chi connectivity index (χ3n) is 5.62. The smallest absolute Gasteiger partial charge is 0.292 e. The Morgan fingerprint density at radius 1 is 1.34 bits per heavy atom. The number of carbonyl (C=O) groups excluding carboxylic acids is 1. The summed E-state index contributed by atoms with van der Waals surface area (Å²) in [5, 5.41) is 14.0. The second-order valence-corrected chi connectivity index (χ2v) is 8.48. The molecule has 3 aromatic rings. The number of rotatable bonds is 5. The van der Waals surface area contributed by atoms with Gasteiger partial charge in [-0.3, -0.25) is 4.79 Å². The van der Waals surface area contributed by atoms with Crippen molar-refractivity contribution >= 4 is 16.9 Å². The molecule has 1 aromatic carbocycles. The van der Waals surface area contributed by atoms with Crippen molar-refractivity contribution in [1.29, 1.82) is 0 Å². The van der Waals surface area contributed by atoms with Crippen LogP contribution in [-0.2, 0) is 5.60 Å². The third kappa shape index (κ3) is 3.82. The van der Waals surface area contributed by atoms with Gasteiger partial charge in [0, 0.05) is 24.0 Å². The van der Waals surface area contributed by atoms with E-state index in [1.807, 2.05) is 6.92 Å². The molecule has 2 N–H and O–H groups in total. The SMILES string of the molecule is C=CNC1=C(C)C(c2cc3cc(F)ccc3o2)N(C(=O)c2oc(C(C)(C)O)nc2C)CC1. The van der Waals surface area contributed by atoms with Crippen LogP contribution < -0.4 is 5.32 Å². The number of amides is 1. The second kappa shape index (κ2) is 7.94. The van der Waals surface area contributed by atoms with Gasteiger partial charge in [-0.15, -0.1) is 0 Å². The molecule has 0 aliphatic carbocycles. The average molecular weight is 439 g/mol. The summed E-state index contributed by atoms with van der Waals surface area (Å²) in [6.45, 7) is 10.8. The molecule has 1 unspecified atom stereocenters. The molecule has 0 fully saturated rings. The minimum absolute atomic E-state index is 0.0715. The fourth-order valence-corrected chi connectivity index (χ4v) is 4.01. The van der Waals surface area contributed by atoms with Crippen molar-refractivity contribution < 1.29 is 23.1 Å². The molecule has 3 heterocycles. The van der Waals surface area contributed by atoms with Crippen molar-refractivity contribution in [1.82, 2.24) is 15.2 Å². The van der Waals surface area contributed by atoms with Gasteiger partial charge in [0.15, 0.2) is 0 Å². The highest BCUT2D eigenvalue weighted by Crippen LogP contribution is 2.39. The molecule has 0 bridgehead atoms. The number of oxazole rings is 1. The summed E-state index contributed by atoms with van der Waals surface area (Å²) in [6, 6.07) is 5.52. The van der Waals surface area contributed by atoms with E-state index in [9.17, 15) is 14.3 Å². The number of aromatic nitrogens is 1. The van der Waals surface area contributed by atoms with Crippen molar-refractivity contribution in [3.8, 4) is 0 Å². The third-order valence-corrected chi connectivity index (χ3v) is 5.62.